The number of amides is 1. The second kappa shape index (κ2) is 7.10. The molecule has 0 aliphatic heterocycles. The van der Waals surface area contributed by atoms with E-state index in [1.807, 2.05) is 30.3 Å². The summed E-state index contributed by atoms with van der Waals surface area (Å²) in [5, 5.41) is 15.0. The highest BCUT2D eigenvalue weighted by atomic mass is 16.5. The van der Waals surface area contributed by atoms with E-state index in [0.717, 1.165) is 16.5 Å². The molecule has 1 unspecified atom stereocenters. The van der Waals surface area contributed by atoms with Gasteiger partial charge in [0.1, 0.15) is 5.75 Å². The highest BCUT2D eigenvalue weighted by Crippen LogP contribution is 2.20. The number of nitrogens with zero attached hydrogens (tertiary/aromatic N) is 1. The number of methoxy groups -OCH3 is 1. The van der Waals surface area contributed by atoms with Crippen LogP contribution in [0.15, 0.2) is 60.8 Å². The minimum Gasteiger partial charge on any atom is -0.497 e. The number of hydrogen-bond acceptors (Lipinski definition) is 4. The van der Waals surface area contributed by atoms with Crippen molar-refractivity contribution in [2.24, 2.45) is 0 Å². The van der Waals surface area contributed by atoms with Gasteiger partial charge in [-0.2, -0.15) is 0 Å². The summed E-state index contributed by atoms with van der Waals surface area (Å²) in [4.78, 5) is 16.5. The van der Waals surface area contributed by atoms with Gasteiger partial charge in [-0.15, -0.1) is 0 Å². The number of aliphatic hydroxyl groups excluding tert-OH is 1. The van der Waals surface area contributed by atoms with Gasteiger partial charge in [0.25, 0.3) is 5.91 Å². The summed E-state index contributed by atoms with van der Waals surface area (Å²) < 4.78 is 5.11. The van der Waals surface area contributed by atoms with Crippen LogP contribution in [0.2, 0.25) is 0 Å². The fraction of sp³-hybridized carbons (Fsp3) is 0.158. The molecule has 1 atom stereocenters. The van der Waals surface area contributed by atoms with Crippen LogP contribution in [0.25, 0.3) is 10.8 Å². The first kappa shape index (κ1) is 16.0. The molecule has 1 amide bonds. The van der Waals surface area contributed by atoms with E-state index in [4.69, 9.17) is 4.74 Å². The number of pyridine rings is 1. The van der Waals surface area contributed by atoms with E-state index in [9.17, 15) is 9.90 Å². The zero-order valence-corrected chi connectivity index (χ0v) is 13.3. The van der Waals surface area contributed by atoms with Gasteiger partial charge in [0.05, 0.1) is 19.3 Å². The molecule has 5 nitrogen and oxygen atoms in total. The van der Waals surface area contributed by atoms with Crippen molar-refractivity contribution >= 4 is 16.7 Å². The first-order valence-corrected chi connectivity index (χ1v) is 7.61. The smallest absolute Gasteiger partial charge is 0.253 e. The summed E-state index contributed by atoms with van der Waals surface area (Å²) in [6.45, 7) is 0.251. The van der Waals surface area contributed by atoms with E-state index in [2.05, 4.69) is 10.3 Å². The SMILES string of the molecule is COc1cccc(C(O)C(=O)NCc2nccc3ccccc23)c1. The molecule has 5 heteroatoms. The molecule has 0 fully saturated rings. The molecular formula is C19H18N2O3. The minimum absolute atomic E-state index is 0.251. The Balaban J connectivity index is 1.72. The fourth-order valence-corrected chi connectivity index (χ4v) is 2.55. The molecule has 0 aliphatic carbocycles. The number of aromatic nitrogens is 1. The van der Waals surface area contributed by atoms with Crippen molar-refractivity contribution in [1.29, 1.82) is 0 Å². The molecule has 24 heavy (non-hydrogen) atoms. The Kier molecular flexibility index (Phi) is 4.72. The van der Waals surface area contributed by atoms with E-state index in [0.29, 0.717) is 11.3 Å². The molecule has 3 aromatic rings. The lowest BCUT2D eigenvalue weighted by molar-refractivity contribution is -0.129. The Morgan fingerprint density at radius 2 is 2.04 bits per heavy atom. The van der Waals surface area contributed by atoms with Gasteiger partial charge >= 0.3 is 0 Å². The van der Waals surface area contributed by atoms with Crippen molar-refractivity contribution < 1.29 is 14.6 Å². The molecule has 2 aromatic carbocycles. The van der Waals surface area contributed by atoms with Crippen LogP contribution in [0.5, 0.6) is 5.75 Å². The molecule has 1 heterocycles. The number of carbonyl (C=O) groups is 1. The zero-order chi connectivity index (χ0) is 16.9. The molecule has 0 radical (unpaired) electrons. The third-order valence-corrected chi connectivity index (χ3v) is 3.84. The molecule has 0 bridgehead atoms. The molecule has 0 saturated heterocycles. The lowest BCUT2D eigenvalue weighted by Gasteiger charge is -2.13. The van der Waals surface area contributed by atoms with E-state index < -0.39 is 12.0 Å². The van der Waals surface area contributed by atoms with Gasteiger partial charge in [-0.3, -0.25) is 9.78 Å². The van der Waals surface area contributed by atoms with Crippen molar-refractivity contribution in [1.82, 2.24) is 10.3 Å². The molecule has 122 valence electrons. The van der Waals surface area contributed by atoms with Crippen LogP contribution >= 0.6 is 0 Å². The monoisotopic (exact) mass is 322 g/mol. The lowest BCUT2D eigenvalue weighted by atomic mass is 10.1. The first-order valence-electron chi connectivity index (χ1n) is 7.61. The first-order chi connectivity index (χ1) is 11.7. The largest absolute Gasteiger partial charge is 0.497 e. The Bertz CT molecular complexity index is 859. The van der Waals surface area contributed by atoms with E-state index in [1.165, 1.54) is 7.11 Å². The Labute approximate surface area is 139 Å². The van der Waals surface area contributed by atoms with Gasteiger partial charge < -0.3 is 15.2 Å². The number of nitrogens with one attached hydrogen (secondary N) is 1. The molecule has 0 aliphatic rings. The number of fused-ring (bicyclic) bond motifs is 1. The van der Waals surface area contributed by atoms with Crippen molar-refractivity contribution in [2.45, 2.75) is 12.6 Å². The number of benzene rings is 2. The van der Waals surface area contributed by atoms with Crippen LogP contribution in [-0.2, 0) is 11.3 Å². The average molecular weight is 322 g/mol. The van der Waals surface area contributed by atoms with Crippen LogP contribution in [-0.4, -0.2) is 23.1 Å². The number of aliphatic hydroxyl groups is 1. The topological polar surface area (TPSA) is 71.5 Å². The maximum absolute atomic E-state index is 12.2. The second-order valence-electron chi connectivity index (χ2n) is 5.38. The Morgan fingerprint density at radius 1 is 1.21 bits per heavy atom. The third kappa shape index (κ3) is 3.36. The van der Waals surface area contributed by atoms with Gasteiger partial charge in [-0.1, -0.05) is 36.4 Å². The number of rotatable bonds is 5. The van der Waals surface area contributed by atoms with Gasteiger partial charge in [0.2, 0.25) is 0 Å². The third-order valence-electron chi connectivity index (χ3n) is 3.84. The highest BCUT2D eigenvalue weighted by molar-refractivity contribution is 5.85. The summed E-state index contributed by atoms with van der Waals surface area (Å²) >= 11 is 0. The van der Waals surface area contributed by atoms with Crippen LogP contribution in [0.4, 0.5) is 0 Å². The summed E-state index contributed by atoms with van der Waals surface area (Å²) in [5.41, 5.74) is 1.25. The standard InChI is InChI=1S/C19H18N2O3/c1-24-15-7-4-6-14(11-15)18(22)19(23)21-12-17-16-8-3-2-5-13(16)9-10-20-17/h2-11,18,22H,12H2,1H3,(H,21,23). The molecule has 1 aromatic heterocycles. The van der Waals surface area contributed by atoms with Crippen molar-refractivity contribution in [3.8, 4) is 5.75 Å². The summed E-state index contributed by atoms with van der Waals surface area (Å²) in [6.07, 6.45) is 0.456. The maximum atomic E-state index is 12.2. The van der Waals surface area contributed by atoms with Crippen molar-refractivity contribution in [3.05, 3.63) is 72.1 Å². The molecule has 0 saturated carbocycles. The molecule has 3 rings (SSSR count). The van der Waals surface area contributed by atoms with Gasteiger partial charge in [0, 0.05) is 11.6 Å². The predicted molar refractivity (Wildman–Crippen MR) is 91.5 cm³/mol. The quantitative estimate of drug-likeness (QED) is 0.757. The van der Waals surface area contributed by atoms with E-state index in [-0.39, 0.29) is 6.54 Å². The summed E-state index contributed by atoms with van der Waals surface area (Å²) in [7, 11) is 1.54. The van der Waals surface area contributed by atoms with Crippen LogP contribution in [0.3, 0.4) is 0 Å². The minimum atomic E-state index is -1.25. The Morgan fingerprint density at radius 3 is 2.88 bits per heavy atom. The van der Waals surface area contributed by atoms with E-state index in [1.54, 1.807) is 30.5 Å². The zero-order valence-electron chi connectivity index (χ0n) is 13.3. The second-order valence-corrected chi connectivity index (χ2v) is 5.38. The summed E-state index contributed by atoms with van der Waals surface area (Å²) in [6, 6.07) is 16.6. The predicted octanol–water partition coefficient (Wildman–Crippen LogP) is 2.59. The lowest BCUT2D eigenvalue weighted by Crippen LogP contribution is -2.29. The van der Waals surface area contributed by atoms with Crippen molar-refractivity contribution in [2.75, 3.05) is 7.11 Å². The van der Waals surface area contributed by atoms with E-state index >= 15 is 0 Å². The average Bonchev–Trinajstić information content (AvgIpc) is 2.65. The van der Waals surface area contributed by atoms with Crippen LogP contribution in [0, 0.1) is 0 Å². The highest BCUT2D eigenvalue weighted by Gasteiger charge is 2.18. The van der Waals surface area contributed by atoms with Crippen LogP contribution < -0.4 is 10.1 Å². The molecular weight excluding hydrogens is 304 g/mol. The van der Waals surface area contributed by atoms with Gasteiger partial charge in [-0.05, 0) is 29.1 Å². The number of hydrogen-bond donors (Lipinski definition) is 2. The number of ether oxygens (including phenoxy) is 1. The molecule has 0 spiro atoms. The fourth-order valence-electron chi connectivity index (χ4n) is 2.55. The maximum Gasteiger partial charge on any atom is 0.253 e. The normalized spacial score (nSPS) is 11.9. The van der Waals surface area contributed by atoms with Crippen molar-refractivity contribution in [3.63, 3.8) is 0 Å². The Hall–Kier alpha value is -2.92. The van der Waals surface area contributed by atoms with Gasteiger partial charge in [-0.25, -0.2) is 0 Å². The van der Waals surface area contributed by atoms with Gasteiger partial charge in [0.15, 0.2) is 6.10 Å². The molecule has 2 N–H and O–H groups in total. The number of carbonyl (C=O) groups excluding carboxylic acids is 1. The van der Waals surface area contributed by atoms with Crippen LogP contribution in [0.1, 0.15) is 17.4 Å². The summed E-state index contributed by atoms with van der Waals surface area (Å²) in [5.74, 6) is 0.119.